The van der Waals surface area contributed by atoms with Crippen LogP contribution in [0.4, 0.5) is 11.8 Å². The lowest BCUT2D eigenvalue weighted by atomic mass is 10.0. The minimum Gasteiger partial charge on any atom is -0.382 e. The van der Waals surface area contributed by atoms with Crippen molar-refractivity contribution >= 4 is 48.2 Å². The highest BCUT2D eigenvalue weighted by atomic mass is 31.2. The lowest BCUT2D eigenvalue weighted by molar-refractivity contribution is -0.123. The summed E-state index contributed by atoms with van der Waals surface area (Å²) in [4.78, 5) is 64.3. The zero-order chi connectivity index (χ0) is 65.5. The maximum atomic E-state index is 14.4. The molecule has 21 heteroatoms. The Labute approximate surface area is 550 Å². The third-order valence-electron chi connectivity index (χ3n) is 16.9. The number of aromatic amines is 1. The van der Waals surface area contributed by atoms with Gasteiger partial charge in [0.15, 0.2) is 11.5 Å². The molecule has 2 aromatic heterocycles. The fourth-order valence-electron chi connectivity index (χ4n) is 11.2. The van der Waals surface area contributed by atoms with E-state index in [1.54, 1.807) is 24.3 Å². The molecule has 3 aromatic rings. The highest BCUT2D eigenvalue weighted by Crippen LogP contribution is 2.49. The van der Waals surface area contributed by atoms with Gasteiger partial charge in [0.1, 0.15) is 5.52 Å². The van der Waals surface area contributed by atoms with Crippen LogP contribution in [0.1, 0.15) is 281 Å². The number of nitrogens with two attached hydrogens (primary N) is 2. The molecule has 0 aliphatic carbocycles. The zero-order valence-corrected chi connectivity index (χ0v) is 58.4. The second-order valence-electron chi connectivity index (χ2n) is 25.2. The number of carbonyl (C=O) groups excluding carboxylic acids is 3. The molecule has 2 heterocycles. The Morgan fingerprint density at radius 3 is 1.58 bits per heavy atom. The molecule has 20 nitrogen and oxygen atoms in total. The molecule has 522 valence electrons. The van der Waals surface area contributed by atoms with Gasteiger partial charge in [-0.25, -0.2) is 4.79 Å². The number of nitrogen functional groups attached to an aromatic ring is 1. The van der Waals surface area contributed by atoms with Gasteiger partial charge in [-0.3, -0.25) is 23.5 Å². The first-order valence-corrected chi connectivity index (χ1v) is 38.4. The number of hydrogen-bond donors (Lipinski definition) is 10. The van der Waals surface area contributed by atoms with E-state index in [9.17, 15) is 23.7 Å². The smallest absolute Gasteiger partial charge is 0.330 e. The molecule has 91 heavy (non-hydrogen) atoms. The van der Waals surface area contributed by atoms with Gasteiger partial charge in [0, 0.05) is 25.2 Å². The topological polar surface area (TPSA) is 287 Å². The van der Waals surface area contributed by atoms with Crippen molar-refractivity contribution in [3.8, 4) is 0 Å². The van der Waals surface area contributed by atoms with Crippen LogP contribution in [0.25, 0.3) is 11.2 Å². The average molecular weight is 1300 g/mol. The van der Waals surface area contributed by atoms with Crippen molar-refractivity contribution < 1.29 is 28.0 Å². The number of benzene rings is 1. The lowest BCUT2D eigenvalue weighted by Gasteiger charge is -2.21. The van der Waals surface area contributed by atoms with Gasteiger partial charge in [-0.05, 0) is 128 Å². The number of nitrogens with one attached hydrogen (secondary N) is 8. The Balaban J connectivity index is 1.48. The van der Waals surface area contributed by atoms with E-state index in [0.717, 1.165) is 96.0 Å². The van der Waals surface area contributed by atoms with Crippen LogP contribution in [0, 0.1) is 0 Å². The van der Waals surface area contributed by atoms with Gasteiger partial charge >= 0.3 is 13.3 Å². The van der Waals surface area contributed by atoms with Gasteiger partial charge in [-0.15, -0.1) is 0 Å². The summed E-state index contributed by atoms with van der Waals surface area (Å²) in [5.74, 6) is -0.281. The van der Waals surface area contributed by atoms with Gasteiger partial charge in [-0.1, -0.05) is 206 Å². The third kappa shape index (κ3) is 40.4. The first-order chi connectivity index (χ1) is 44.5. The average Bonchev–Trinajstić information content (AvgIpc) is 1.67. The van der Waals surface area contributed by atoms with E-state index in [1.807, 2.05) is 0 Å². The Morgan fingerprint density at radius 2 is 1.04 bits per heavy atom. The van der Waals surface area contributed by atoms with Crippen LogP contribution in [0.3, 0.4) is 0 Å². The molecule has 0 spiro atoms. The molecule has 0 unspecified atom stereocenters. The fourth-order valence-corrected chi connectivity index (χ4v) is 12.9. The normalized spacial score (nSPS) is 12.0. The number of H-pyrrole nitrogens is 1. The molecule has 0 saturated heterocycles. The number of anilines is 2. The maximum Gasteiger partial charge on any atom is 0.330 e. The summed E-state index contributed by atoms with van der Waals surface area (Å²) in [7, 11) is -3.36. The maximum absolute atomic E-state index is 14.4. The number of nitrogens with zero attached hydrogens (tertiary/aromatic N) is 3. The number of unbranched alkanes of at least 4 members (excludes halogenated alkanes) is 29. The first kappa shape index (κ1) is 80.8. The minimum atomic E-state index is -3.36. The summed E-state index contributed by atoms with van der Waals surface area (Å²) < 4.78 is 28.2. The molecule has 1 aromatic carbocycles. The van der Waals surface area contributed by atoms with E-state index in [2.05, 4.69) is 72.9 Å². The van der Waals surface area contributed by atoms with E-state index in [1.165, 1.54) is 159 Å². The Bertz CT molecular complexity index is 2350. The molecule has 0 aliphatic heterocycles. The Kier molecular flexibility index (Phi) is 48.8. The van der Waals surface area contributed by atoms with Crippen LogP contribution in [0.15, 0.2) is 29.1 Å². The summed E-state index contributed by atoms with van der Waals surface area (Å²) >= 11 is 0. The summed E-state index contributed by atoms with van der Waals surface area (Å²) in [6, 6.07) is 6.34. The standard InChI is InChI=1S/C70H130N13O7P/c1-4-7-10-12-14-16-18-20-22-24-26-28-30-36-55-89-91(88,90-56-37-31-29-27-25-23-21-19-17-15-13-11-8-5-2)57-40-54-75-62(68(86)77-53-39-50-74-48-35-34-47-73-49-38-46-71)41-32-33-52-76-63(84)58-79-67(85)61-44-42-60(43-45-61)59-83-66-64(80-70(83)87)65(72)81-69(82-66)78-51-9-6-3/h42-45,62,73-75H,4-41,46-59,71H2,1-3H3,(H,76,84)(H,77,86)(H,79,85)(H,80,87)(H3,72,78,81,82)/t62-/m0/s1. The number of amides is 3. The Hall–Kier alpha value is -4.43. The van der Waals surface area contributed by atoms with Crippen LogP contribution < -0.4 is 54.4 Å². The summed E-state index contributed by atoms with van der Waals surface area (Å²) in [6.07, 6.45) is 44.1. The molecular weight excluding hydrogens is 1170 g/mol. The van der Waals surface area contributed by atoms with Gasteiger partial charge in [-0.2, -0.15) is 9.97 Å². The molecule has 3 rings (SSSR count). The largest absolute Gasteiger partial charge is 0.382 e. The third-order valence-corrected chi connectivity index (χ3v) is 18.9. The molecule has 0 aliphatic rings. The molecule has 0 fully saturated rings. The van der Waals surface area contributed by atoms with E-state index < -0.39 is 19.5 Å². The van der Waals surface area contributed by atoms with Gasteiger partial charge in [0.25, 0.3) is 5.91 Å². The second-order valence-corrected chi connectivity index (χ2v) is 27.4. The molecule has 1 atom stereocenters. The summed E-state index contributed by atoms with van der Waals surface area (Å²) in [5.41, 5.74) is 13.3. The van der Waals surface area contributed by atoms with Crippen molar-refractivity contribution in [3.05, 3.63) is 45.9 Å². The fraction of sp³-hybridized carbons (Fsp3) is 0.800. The number of carbonyl (C=O) groups is 3. The van der Waals surface area contributed by atoms with Crippen molar-refractivity contribution in [2.45, 2.75) is 277 Å². The minimum absolute atomic E-state index is 0.0782. The first-order valence-electron chi connectivity index (χ1n) is 36.7. The number of aromatic nitrogens is 4. The molecule has 0 radical (unpaired) electrons. The Morgan fingerprint density at radius 1 is 0.549 bits per heavy atom. The zero-order valence-electron chi connectivity index (χ0n) is 57.5. The number of hydrogen-bond acceptors (Lipinski definition) is 15. The quantitative estimate of drug-likeness (QED) is 0.0186. The molecule has 0 saturated carbocycles. The SMILES string of the molecule is CCCCCCCCCCCCCCCCOP(=O)(CCCN[C@@H](CCCCNC(=O)CNC(=O)c1ccc(Cn2c(=O)[nH]c3c(N)nc(NCCCC)nc32)cc1)C(=O)NCCCNCCCCNCCCN)OCCCCCCCCCCCCCCCC. The second kappa shape index (κ2) is 54.9. The van der Waals surface area contributed by atoms with Gasteiger partial charge in [0.05, 0.1) is 38.5 Å². The van der Waals surface area contributed by atoms with Crippen molar-refractivity contribution in [2.75, 3.05) is 95.9 Å². The predicted octanol–water partition coefficient (Wildman–Crippen LogP) is 13.3. The molecular formula is C70H130N13O7P. The van der Waals surface area contributed by atoms with Crippen LogP contribution in [0.2, 0.25) is 0 Å². The summed E-state index contributed by atoms with van der Waals surface area (Å²) in [6.45, 7) is 13.9. The highest BCUT2D eigenvalue weighted by Gasteiger charge is 2.25. The van der Waals surface area contributed by atoms with E-state index >= 15 is 0 Å². The van der Waals surface area contributed by atoms with Crippen LogP contribution in [0.5, 0.6) is 0 Å². The number of rotatable bonds is 64. The van der Waals surface area contributed by atoms with Crippen LogP contribution in [-0.4, -0.2) is 128 Å². The van der Waals surface area contributed by atoms with Crippen molar-refractivity contribution in [1.82, 2.24) is 51.4 Å². The predicted molar refractivity (Wildman–Crippen MR) is 378 cm³/mol. The monoisotopic (exact) mass is 1300 g/mol. The molecule has 0 bridgehead atoms. The lowest BCUT2D eigenvalue weighted by Crippen LogP contribution is -2.45. The van der Waals surface area contributed by atoms with Gasteiger partial charge < -0.3 is 62.7 Å². The van der Waals surface area contributed by atoms with E-state index in [-0.39, 0.29) is 42.6 Å². The summed E-state index contributed by atoms with van der Waals surface area (Å²) in [5, 5.41) is 22.3. The van der Waals surface area contributed by atoms with E-state index in [4.69, 9.17) is 20.5 Å². The van der Waals surface area contributed by atoms with Crippen LogP contribution >= 0.6 is 7.60 Å². The molecule has 3 amide bonds. The van der Waals surface area contributed by atoms with Crippen molar-refractivity contribution in [2.24, 2.45) is 5.73 Å². The number of fused-ring (bicyclic) bond motifs is 1. The number of imidazole rings is 1. The van der Waals surface area contributed by atoms with Gasteiger partial charge in [0.2, 0.25) is 17.8 Å². The van der Waals surface area contributed by atoms with E-state index in [0.29, 0.717) is 94.3 Å². The molecule has 12 N–H and O–H groups in total. The highest BCUT2D eigenvalue weighted by molar-refractivity contribution is 7.53. The van der Waals surface area contributed by atoms with Crippen LogP contribution in [-0.2, 0) is 29.7 Å². The van der Waals surface area contributed by atoms with Crippen molar-refractivity contribution in [1.29, 1.82) is 0 Å². The van der Waals surface area contributed by atoms with Crippen molar-refractivity contribution in [3.63, 3.8) is 0 Å².